The molecule has 0 spiro atoms. The van der Waals surface area contributed by atoms with Gasteiger partial charge in [-0.2, -0.15) is 4.31 Å². The van der Waals surface area contributed by atoms with Crippen LogP contribution in [-0.4, -0.2) is 30.3 Å². The van der Waals surface area contributed by atoms with E-state index in [4.69, 9.17) is 4.74 Å². The first-order chi connectivity index (χ1) is 11.5. The van der Waals surface area contributed by atoms with E-state index < -0.39 is 10.0 Å². The highest BCUT2D eigenvalue weighted by Gasteiger charge is 2.45. The van der Waals surface area contributed by atoms with E-state index in [2.05, 4.69) is 4.98 Å². The van der Waals surface area contributed by atoms with Gasteiger partial charge in [0.05, 0.1) is 0 Å². The minimum Gasteiger partial charge on any atom is -0.438 e. The summed E-state index contributed by atoms with van der Waals surface area (Å²) in [5, 5.41) is 0. The molecule has 1 aromatic carbocycles. The molecule has 2 aliphatic rings. The van der Waals surface area contributed by atoms with Crippen molar-refractivity contribution in [3.63, 3.8) is 0 Å². The molecule has 2 aromatic rings. The lowest BCUT2D eigenvalue weighted by molar-refractivity contribution is 0.331. The lowest BCUT2D eigenvalue weighted by atomic mass is 10.1. The molecule has 126 valence electrons. The van der Waals surface area contributed by atoms with Crippen LogP contribution in [-0.2, 0) is 10.0 Å². The van der Waals surface area contributed by atoms with Crippen molar-refractivity contribution in [2.45, 2.75) is 30.2 Å². The van der Waals surface area contributed by atoms with Crippen molar-refractivity contribution in [1.82, 2.24) is 9.29 Å². The number of piperidine rings is 1. The van der Waals surface area contributed by atoms with Gasteiger partial charge in [-0.25, -0.2) is 17.8 Å². The molecule has 5 nitrogen and oxygen atoms in total. The molecule has 0 radical (unpaired) electrons. The van der Waals surface area contributed by atoms with Crippen LogP contribution in [0.5, 0.6) is 11.6 Å². The van der Waals surface area contributed by atoms with Crippen molar-refractivity contribution in [2.75, 3.05) is 6.54 Å². The zero-order chi connectivity index (χ0) is 16.7. The van der Waals surface area contributed by atoms with E-state index in [1.807, 2.05) is 0 Å². The van der Waals surface area contributed by atoms with Crippen molar-refractivity contribution in [1.29, 1.82) is 0 Å². The number of pyridine rings is 1. The lowest BCUT2D eigenvalue weighted by Gasteiger charge is -2.26. The summed E-state index contributed by atoms with van der Waals surface area (Å²) < 4.78 is 46.3. The Kier molecular flexibility index (Phi) is 3.77. The Morgan fingerprint density at radius 1 is 1.17 bits per heavy atom. The molecule has 1 saturated heterocycles. The zero-order valence-corrected chi connectivity index (χ0v) is 13.7. The molecule has 2 fully saturated rings. The van der Waals surface area contributed by atoms with Gasteiger partial charge in [-0.3, -0.25) is 0 Å². The van der Waals surface area contributed by atoms with Gasteiger partial charge in [-0.05, 0) is 61.6 Å². The number of fused-ring (bicyclic) bond motifs is 2. The summed E-state index contributed by atoms with van der Waals surface area (Å²) in [4.78, 5) is 4.13. The third kappa shape index (κ3) is 2.67. The Bertz CT molecular complexity index is 854. The van der Waals surface area contributed by atoms with Crippen molar-refractivity contribution >= 4 is 10.0 Å². The Morgan fingerprint density at radius 2 is 1.96 bits per heavy atom. The van der Waals surface area contributed by atoms with Gasteiger partial charge in [0, 0.05) is 18.8 Å². The fourth-order valence-corrected chi connectivity index (χ4v) is 5.37. The fourth-order valence-electron chi connectivity index (χ4n) is 3.56. The monoisotopic (exact) mass is 348 g/mol. The molecule has 0 N–H and O–H groups in total. The smallest absolute Gasteiger partial charge is 0.248 e. The molecule has 0 amide bonds. The van der Waals surface area contributed by atoms with E-state index in [1.54, 1.807) is 10.4 Å². The second-order valence-corrected chi connectivity index (χ2v) is 8.13. The first-order valence-electron chi connectivity index (χ1n) is 7.94. The van der Waals surface area contributed by atoms with Crippen LogP contribution in [0, 0.1) is 11.7 Å². The first-order valence-corrected chi connectivity index (χ1v) is 9.38. The highest BCUT2D eigenvalue weighted by atomic mass is 32.2. The molecule has 7 heteroatoms. The zero-order valence-electron chi connectivity index (χ0n) is 12.9. The van der Waals surface area contributed by atoms with Crippen LogP contribution in [0.15, 0.2) is 47.5 Å². The molecule has 1 aliphatic heterocycles. The number of nitrogens with zero attached hydrogens (tertiary/aromatic N) is 2. The molecule has 2 bridgehead atoms. The van der Waals surface area contributed by atoms with Gasteiger partial charge in [-0.15, -0.1) is 0 Å². The maximum Gasteiger partial charge on any atom is 0.248 e. The van der Waals surface area contributed by atoms with E-state index in [9.17, 15) is 12.8 Å². The van der Waals surface area contributed by atoms with E-state index in [0.717, 1.165) is 19.3 Å². The average Bonchev–Trinajstić information content (AvgIpc) is 3.21. The Hall–Kier alpha value is -1.99. The SMILES string of the molecule is O=S(=O)(c1cccnc1Oc1ccc(F)cc1)N1C[C@H]2CC[C@H]1C2. The van der Waals surface area contributed by atoms with Crippen molar-refractivity contribution in [2.24, 2.45) is 5.92 Å². The number of hydrogen-bond acceptors (Lipinski definition) is 4. The van der Waals surface area contributed by atoms with Gasteiger partial charge in [0.25, 0.3) is 0 Å². The van der Waals surface area contributed by atoms with E-state index in [0.29, 0.717) is 18.2 Å². The highest BCUT2D eigenvalue weighted by Crippen LogP contribution is 2.41. The van der Waals surface area contributed by atoms with E-state index in [1.165, 1.54) is 36.5 Å². The summed E-state index contributed by atoms with van der Waals surface area (Å²) in [5.41, 5.74) is 0. The third-order valence-electron chi connectivity index (χ3n) is 4.71. The number of aromatic nitrogens is 1. The number of halogens is 1. The van der Waals surface area contributed by atoms with Crippen molar-refractivity contribution < 1.29 is 17.5 Å². The average molecular weight is 348 g/mol. The van der Waals surface area contributed by atoms with Crippen LogP contribution in [0.4, 0.5) is 4.39 Å². The molecule has 0 unspecified atom stereocenters. The second kappa shape index (κ2) is 5.82. The Morgan fingerprint density at radius 3 is 2.62 bits per heavy atom. The molecular formula is C17H17FN2O3S. The Balaban J connectivity index is 1.67. The molecule has 1 saturated carbocycles. The molecular weight excluding hydrogens is 331 g/mol. The molecule has 2 atom stereocenters. The largest absolute Gasteiger partial charge is 0.438 e. The summed E-state index contributed by atoms with van der Waals surface area (Å²) >= 11 is 0. The van der Waals surface area contributed by atoms with Crippen LogP contribution in [0.3, 0.4) is 0 Å². The van der Waals surface area contributed by atoms with Gasteiger partial charge in [-0.1, -0.05) is 0 Å². The fraction of sp³-hybridized carbons (Fsp3) is 0.353. The van der Waals surface area contributed by atoms with E-state index in [-0.39, 0.29) is 22.6 Å². The number of ether oxygens (including phenoxy) is 1. The van der Waals surface area contributed by atoms with E-state index >= 15 is 0 Å². The molecule has 24 heavy (non-hydrogen) atoms. The molecule has 2 heterocycles. The number of hydrogen-bond donors (Lipinski definition) is 0. The normalized spacial score (nSPS) is 23.5. The summed E-state index contributed by atoms with van der Waals surface area (Å²) in [6, 6.07) is 8.57. The summed E-state index contributed by atoms with van der Waals surface area (Å²) in [6.07, 6.45) is 4.43. The van der Waals surface area contributed by atoms with Gasteiger partial charge < -0.3 is 4.74 Å². The number of benzene rings is 1. The quantitative estimate of drug-likeness (QED) is 0.851. The topological polar surface area (TPSA) is 59.5 Å². The van der Waals surface area contributed by atoms with Gasteiger partial charge in [0.2, 0.25) is 15.9 Å². The van der Waals surface area contributed by atoms with Crippen LogP contribution >= 0.6 is 0 Å². The predicted molar refractivity (Wildman–Crippen MR) is 85.7 cm³/mol. The number of sulfonamides is 1. The summed E-state index contributed by atoms with van der Waals surface area (Å²) in [6.45, 7) is 0.567. The van der Waals surface area contributed by atoms with Crippen LogP contribution in [0.2, 0.25) is 0 Å². The second-order valence-electron chi connectivity index (χ2n) is 6.27. The first kappa shape index (κ1) is 15.5. The van der Waals surface area contributed by atoms with Crippen LogP contribution in [0.25, 0.3) is 0 Å². The minimum absolute atomic E-state index is 0.0203. The number of rotatable bonds is 4. The highest BCUT2D eigenvalue weighted by molar-refractivity contribution is 7.89. The van der Waals surface area contributed by atoms with Crippen molar-refractivity contribution in [3.05, 3.63) is 48.4 Å². The maximum absolute atomic E-state index is 13.0. The Labute approximate surface area is 140 Å². The maximum atomic E-state index is 13.0. The molecule has 1 aliphatic carbocycles. The summed E-state index contributed by atoms with van der Waals surface area (Å²) in [7, 11) is -3.66. The van der Waals surface area contributed by atoms with Gasteiger partial charge >= 0.3 is 0 Å². The standard InChI is InChI=1S/C17H17FN2O3S/c18-13-4-7-15(8-5-13)23-17-16(2-1-9-19-17)24(21,22)20-11-12-3-6-14(20)10-12/h1-2,4-5,7-9,12,14H,3,6,10-11H2/t12-,14-/m0/s1. The molecule has 4 rings (SSSR count). The molecule has 1 aromatic heterocycles. The lowest BCUT2D eigenvalue weighted by Crippen LogP contribution is -2.37. The van der Waals surface area contributed by atoms with Gasteiger partial charge in [0.15, 0.2) is 0 Å². The van der Waals surface area contributed by atoms with Crippen molar-refractivity contribution in [3.8, 4) is 11.6 Å². The third-order valence-corrected chi connectivity index (χ3v) is 6.64. The van der Waals surface area contributed by atoms with Crippen LogP contribution < -0.4 is 4.74 Å². The van der Waals surface area contributed by atoms with Crippen LogP contribution in [0.1, 0.15) is 19.3 Å². The predicted octanol–water partition coefficient (Wildman–Crippen LogP) is 3.19. The van der Waals surface area contributed by atoms with Gasteiger partial charge in [0.1, 0.15) is 16.5 Å². The minimum atomic E-state index is -3.66. The summed E-state index contributed by atoms with van der Waals surface area (Å²) in [5.74, 6) is 0.439.